The van der Waals surface area contributed by atoms with Gasteiger partial charge in [0.25, 0.3) is 6.29 Å². The van der Waals surface area contributed by atoms with E-state index in [1.165, 1.54) is 16.8 Å². The van der Waals surface area contributed by atoms with Crippen LogP contribution in [-0.2, 0) is 16.6 Å². The zero-order valence-corrected chi connectivity index (χ0v) is 16.4. The summed E-state index contributed by atoms with van der Waals surface area (Å²) in [7, 11) is 0. The van der Waals surface area contributed by atoms with Gasteiger partial charge in [-0.25, -0.2) is 9.97 Å². The van der Waals surface area contributed by atoms with Crippen molar-refractivity contribution in [1.29, 1.82) is 0 Å². The summed E-state index contributed by atoms with van der Waals surface area (Å²) in [6, 6.07) is 8.80. The maximum absolute atomic E-state index is 10.9. The van der Waals surface area contributed by atoms with E-state index in [9.17, 15) is 9.90 Å². The fourth-order valence-corrected chi connectivity index (χ4v) is 3.26. The third-order valence-corrected chi connectivity index (χ3v) is 4.99. The smallest absolute Gasteiger partial charge is 0.257 e. The number of rotatable bonds is 4. The molecule has 1 aromatic carbocycles. The van der Waals surface area contributed by atoms with Gasteiger partial charge in [0.2, 0.25) is 0 Å². The Labute approximate surface area is 160 Å². The van der Waals surface area contributed by atoms with Crippen molar-refractivity contribution in [2.75, 3.05) is 18.0 Å². The van der Waals surface area contributed by atoms with Crippen LogP contribution in [0.5, 0.6) is 5.75 Å². The van der Waals surface area contributed by atoms with E-state index >= 15 is 0 Å². The first-order valence-electron chi connectivity index (χ1n) is 9.26. The van der Waals surface area contributed by atoms with Crippen LogP contribution in [0.15, 0.2) is 35.9 Å². The van der Waals surface area contributed by atoms with E-state index in [0.717, 1.165) is 19.5 Å². The van der Waals surface area contributed by atoms with Crippen LogP contribution in [0.1, 0.15) is 50.0 Å². The van der Waals surface area contributed by atoms with Gasteiger partial charge in [-0.3, -0.25) is 4.79 Å². The molecule has 0 bridgehead atoms. The molecule has 0 atom stereocenters. The van der Waals surface area contributed by atoms with Crippen LogP contribution in [0.2, 0.25) is 0 Å². The molecular weight excluding hydrogens is 338 g/mol. The van der Waals surface area contributed by atoms with Crippen LogP contribution in [0.25, 0.3) is 0 Å². The van der Waals surface area contributed by atoms with Gasteiger partial charge < -0.3 is 10.0 Å². The number of hydrogen-bond acceptors (Lipinski definition) is 5. The fourth-order valence-electron chi connectivity index (χ4n) is 3.26. The molecule has 5 nitrogen and oxygen atoms in total. The van der Waals surface area contributed by atoms with Crippen LogP contribution in [0.3, 0.4) is 0 Å². The molecule has 3 rings (SSSR count). The van der Waals surface area contributed by atoms with Crippen molar-refractivity contribution in [2.45, 2.75) is 46.0 Å². The van der Waals surface area contributed by atoms with E-state index < -0.39 is 0 Å². The van der Waals surface area contributed by atoms with Crippen molar-refractivity contribution in [3.63, 3.8) is 0 Å². The Balaban J connectivity index is 1.68. The molecule has 0 amide bonds. The predicted molar refractivity (Wildman–Crippen MR) is 107 cm³/mol. The van der Waals surface area contributed by atoms with Crippen LogP contribution in [-0.4, -0.2) is 34.5 Å². The molecule has 2 aromatic rings. The van der Waals surface area contributed by atoms with Crippen molar-refractivity contribution < 1.29 is 9.90 Å². The van der Waals surface area contributed by atoms with E-state index in [1.54, 1.807) is 13.2 Å². The van der Waals surface area contributed by atoms with Crippen molar-refractivity contribution in [2.24, 2.45) is 0 Å². The van der Waals surface area contributed by atoms with Gasteiger partial charge in [0.1, 0.15) is 5.82 Å². The van der Waals surface area contributed by atoms with Crippen molar-refractivity contribution in [1.82, 2.24) is 9.97 Å². The molecule has 0 fully saturated rings. The van der Waals surface area contributed by atoms with Crippen molar-refractivity contribution in [3.8, 4) is 5.75 Å². The Morgan fingerprint density at radius 3 is 2.44 bits per heavy atom. The standard InChI is InChI=1S/C22H26N3O2/c1-15-21(27)19(14-26)24-20(23-15)13-16-9-11-25(12-10-16)18-7-5-17(6-8-18)22(2,3)4/h5-9,27H,10-13H2,1-4H3. The lowest BCUT2D eigenvalue weighted by atomic mass is 9.87. The lowest BCUT2D eigenvalue weighted by molar-refractivity contribution is 0.459. The van der Waals surface area contributed by atoms with Gasteiger partial charge in [0.05, 0.1) is 5.69 Å². The fraction of sp³-hybridized carbons (Fsp3) is 0.409. The first kappa shape index (κ1) is 19.1. The van der Waals surface area contributed by atoms with Crippen molar-refractivity contribution >= 4 is 12.0 Å². The average molecular weight is 364 g/mol. The van der Waals surface area contributed by atoms with E-state index in [-0.39, 0.29) is 16.9 Å². The molecule has 27 heavy (non-hydrogen) atoms. The molecule has 1 aliphatic rings. The predicted octanol–water partition coefficient (Wildman–Crippen LogP) is 3.63. The van der Waals surface area contributed by atoms with E-state index in [4.69, 9.17) is 0 Å². The summed E-state index contributed by atoms with van der Waals surface area (Å²) in [5.41, 5.74) is 4.33. The van der Waals surface area contributed by atoms with E-state index in [0.29, 0.717) is 17.9 Å². The second kappa shape index (κ2) is 7.51. The molecule has 0 saturated carbocycles. The summed E-state index contributed by atoms with van der Waals surface area (Å²) in [4.78, 5) is 21.7. The molecular formula is C22H26N3O2. The lowest BCUT2D eigenvalue weighted by Gasteiger charge is -2.29. The number of anilines is 1. The van der Waals surface area contributed by atoms with Gasteiger partial charge in [-0.15, -0.1) is 0 Å². The minimum absolute atomic E-state index is 0.0607. The maximum Gasteiger partial charge on any atom is 0.257 e. The van der Waals surface area contributed by atoms with Gasteiger partial charge in [-0.05, 0) is 36.5 Å². The van der Waals surface area contributed by atoms with Gasteiger partial charge in [-0.1, -0.05) is 44.6 Å². The van der Waals surface area contributed by atoms with Crippen LogP contribution < -0.4 is 4.90 Å². The molecule has 2 heterocycles. The summed E-state index contributed by atoms with van der Waals surface area (Å²) >= 11 is 0. The highest BCUT2D eigenvalue weighted by molar-refractivity contribution is 5.76. The number of nitrogens with zero attached hydrogens (tertiary/aromatic N) is 3. The van der Waals surface area contributed by atoms with E-state index in [2.05, 4.69) is 66.0 Å². The number of carbonyl (C=O) groups excluding carboxylic acids is 1. The molecule has 0 saturated heterocycles. The molecule has 0 spiro atoms. The Kier molecular flexibility index (Phi) is 5.31. The second-order valence-corrected chi connectivity index (χ2v) is 8.06. The Hall–Kier alpha value is -2.69. The number of aryl methyl sites for hydroxylation is 1. The number of benzene rings is 1. The summed E-state index contributed by atoms with van der Waals surface area (Å²) in [6.45, 7) is 10.1. The minimum Gasteiger partial charge on any atom is -0.504 e. The summed E-state index contributed by atoms with van der Waals surface area (Å²) in [5, 5.41) is 9.75. The number of hydrogen-bond donors (Lipinski definition) is 1. The molecule has 0 unspecified atom stereocenters. The second-order valence-electron chi connectivity index (χ2n) is 8.06. The molecule has 1 aliphatic heterocycles. The number of aromatic nitrogens is 2. The number of aromatic hydroxyl groups is 1. The highest BCUT2D eigenvalue weighted by atomic mass is 16.3. The molecule has 0 aliphatic carbocycles. The van der Waals surface area contributed by atoms with Gasteiger partial charge in [0.15, 0.2) is 11.4 Å². The summed E-state index contributed by atoms with van der Waals surface area (Å²) in [6.07, 6.45) is 5.39. The zero-order chi connectivity index (χ0) is 19.6. The maximum atomic E-state index is 10.9. The molecule has 1 radical (unpaired) electrons. The lowest BCUT2D eigenvalue weighted by Crippen LogP contribution is -2.29. The van der Waals surface area contributed by atoms with Crippen LogP contribution in [0.4, 0.5) is 5.69 Å². The first-order valence-corrected chi connectivity index (χ1v) is 9.26. The Morgan fingerprint density at radius 2 is 1.89 bits per heavy atom. The van der Waals surface area contributed by atoms with Gasteiger partial charge >= 0.3 is 0 Å². The quantitative estimate of drug-likeness (QED) is 0.839. The van der Waals surface area contributed by atoms with E-state index in [1.807, 2.05) is 0 Å². The monoisotopic (exact) mass is 364 g/mol. The third kappa shape index (κ3) is 4.35. The van der Waals surface area contributed by atoms with Gasteiger partial charge in [-0.2, -0.15) is 0 Å². The normalized spacial score (nSPS) is 14.8. The molecule has 141 valence electrons. The zero-order valence-electron chi connectivity index (χ0n) is 16.4. The SMILES string of the molecule is Cc1nc(CC2=CCN(c3ccc(C(C)(C)C)cc3)CC2)nc([C]=O)c1O. The van der Waals surface area contributed by atoms with Crippen molar-refractivity contribution in [3.05, 3.63) is 58.7 Å². The minimum atomic E-state index is -0.184. The average Bonchev–Trinajstić information content (AvgIpc) is 2.64. The third-order valence-electron chi connectivity index (χ3n) is 4.99. The van der Waals surface area contributed by atoms with Gasteiger partial charge in [0, 0.05) is 25.2 Å². The van der Waals surface area contributed by atoms with Crippen LogP contribution in [0, 0.1) is 6.92 Å². The largest absolute Gasteiger partial charge is 0.504 e. The first-order chi connectivity index (χ1) is 12.8. The summed E-state index contributed by atoms with van der Waals surface area (Å²) < 4.78 is 0. The topological polar surface area (TPSA) is 66.3 Å². The molecule has 1 aromatic heterocycles. The highest BCUT2D eigenvalue weighted by Gasteiger charge is 2.17. The van der Waals surface area contributed by atoms with Crippen LogP contribution >= 0.6 is 0 Å². The Morgan fingerprint density at radius 1 is 1.19 bits per heavy atom. The Bertz CT molecular complexity index is 864. The molecule has 5 heteroatoms. The summed E-state index contributed by atoms with van der Waals surface area (Å²) in [5.74, 6) is 0.370. The molecule has 1 N–H and O–H groups in total. The highest BCUT2D eigenvalue weighted by Crippen LogP contribution is 2.27.